The lowest BCUT2D eigenvalue weighted by Gasteiger charge is -2.24. The Hall–Kier alpha value is -2.40. The van der Waals surface area contributed by atoms with E-state index in [4.69, 9.17) is 4.98 Å². The van der Waals surface area contributed by atoms with E-state index in [0.29, 0.717) is 6.04 Å². The fourth-order valence-corrected chi connectivity index (χ4v) is 3.70. The zero-order chi connectivity index (χ0) is 16.5. The van der Waals surface area contributed by atoms with Crippen LogP contribution in [-0.2, 0) is 13.6 Å². The van der Waals surface area contributed by atoms with Crippen molar-refractivity contribution in [2.75, 3.05) is 18.9 Å². The molecule has 1 N–H and O–H groups in total. The number of fused-ring (bicyclic) bond motifs is 1. The van der Waals surface area contributed by atoms with Gasteiger partial charge in [0.25, 0.3) is 0 Å². The molecule has 0 unspecified atom stereocenters. The average molecular weight is 321 g/mol. The maximum absolute atomic E-state index is 4.83. The first-order valence-corrected chi connectivity index (χ1v) is 8.54. The number of nitrogens with one attached hydrogen (secondary N) is 1. The molecule has 3 heterocycles. The molecule has 0 bridgehead atoms. The Morgan fingerprint density at radius 2 is 2.12 bits per heavy atom. The summed E-state index contributed by atoms with van der Waals surface area (Å²) in [7, 11) is 4.03. The van der Waals surface area contributed by atoms with Crippen molar-refractivity contribution in [2.45, 2.75) is 25.4 Å². The quantitative estimate of drug-likeness (QED) is 0.800. The highest BCUT2D eigenvalue weighted by atomic mass is 15.2. The van der Waals surface area contributed by atoms with E-state index in [0.717, 1.165) is 30.2 Å². The zero-order valence-electron chi connectivity index (χ0n) is 14.2. The average Bonchev–Trinajstić information content (AvgIpc) is 3.21. The first-order chi connectivity index (χ1) is 11.8. The van der Waals surface area contributed by atoms with Crippen LogP contribution in [0.1, 0.15) is 30.3 Å². The second-order valence-corrected chi connectivity index (χ2v) is 6.43. The minimum atomic E-state index is 0.444. The van der Waals surface area contributed by atoms with Crippen molar-refractivity contribution in [3.8, 4) is 0 Å². The lowest BCUT2D eigenvalue weighted by molar-refractivity contribution is 0.240. The summed E-state index contributed by atoms with van der Waals surface area (Å²) in [5.41, 5.74) is 3.61. The van der Waals surface area contributed by atoms with Crippen molar-refractivity contribution in [3.05, 3.63) is 54.0 Å². The Balaban J connectivity index is 1.61. The molecule has 0 amide bonds. The summed E-state index contributed by atoms with van der Waals surface area (Å²) in [5.74, 6) is 2.06. The second kappa shape index (κ2) is 6.24. The predicted molar refractivity (Wildman–Crippen MR) is 96.9 cm³/mol. The molecule has 0 aliphatic carbocycles. The number of rotatable bonds is 4. The number of hydrogen-bond donors (Lipinski definition) is 1. The van der Waals surface area contributed by atoms with E-state index in [1.165, 1.54) is 23.9 Å². The predicted octanol–water partition coefficient (Wildman–Crippen LogP) is 3.35. The fraction of sp³-hybridized carbons (Fsp3) is 0.368. The monoisotopic (exact) mass is 321 g/mol. The van der Waals surface area contributed by atoms with Crippen LogP contribution in [0.5, 0.6) is 0 Å². The van der Waals surface area contributed by atoms with Crippen molar-refractivity contribution < 1.29 is 0 Å². The third kappa shape index (κ3) is 2.65. The maximum Gasteiger partial charge on any atom is 0.125 e. The Labute approximate surface area is 142 Å². The molecule has 5 heteroatoms. The molecule has 0 spiro atoms. The fourth-order valence-electron chi connectivity index (χ4n) is 3.70. The highest BCUT2D eigenvalue weighted by Crippen LogP contribution is 2.33. The molecule has 124 valence electrons. The number of anilines is 1. The Morgan fingerprint density at radius 3 is 2.96 bits per heavy atom. The van der Waals surface area contributed by atoms with Crippen molar-refractivity contribution >= 4 is 16.9 Å². The molecule has 1 saturated heterocycles. The molecule has 1 aliphatic rings. The van der Waals surface area contributed by atoms with Gasteiger partial charge in [-0.3, -0.25) is 4.90 Å². The van der Waals surface area contributed by atoms with Gasteiger partial charge in [-0.05, 0) is 49.2 Å². The number of aromatic nitrogens is 3. The van der Waals surface area contributed by atoms with E-state index < -0.39 is 0 Å². The minimum Gasteiger partial charge on any atom is -0.373 e. The standard InChI is InChI=1S/C19H23N5/c1-20-18-12-14(9-10-21-18)16-8-5-11-24(16)13-19-22-15-6-3-4-7-17(15)23(19)2/h3-4,6-7,9-10,12,16H,5,8,11,13H2,1-2H3,(H,20,21)/t16-/m1/s1. The van der Waals surface area contributed by atoms with Crippen LogP contribution in [-0.4, -0.2) is 33.0 Å². The van der Waals surface area contributed by atoms with Crippen LogP contribution >= 0.6 is 0 Å². The molecule has 2 aromatic heterocycles. The molecule has 4 rings (SSSR count). The number of nitrogens with zero attached hydrogens (tertiary/aromatic N) is 4. The van der Waals surface area contributed by atoms with E-state index in [9.17, 15) is 0 Å². The van der Waals surface area contributed by atoms with Crippen LogP contribution in [0.2, 0.25) is 0 Å². The van der Waals surface area contributed by atoms with E-state index >= 15 is 0 Å². The maximum atomic E-state index is 4.83. The molecule has 0 radical (unpaired) electrons. The van der Waals surface area contributed by atoms with Crippen LogP contribution in [0.25, 0.3) is 11.0 Å². The number of hydrogen-bond acceptors (Lipinski definition) is 4. The lowest BCUT2D eigenvalue weighted by Crippen LogP contribution is -2.24. The summed E-state index contributed by atoms with van der Waals surface area (Å²) in [6.45, 7) is 2.00. The van der Waals surface area contributed by atoms with Gasteiger partial charge in [-0.1, -0.05) is 12.1 Å². The zero-order valence-corrected chi connectivity index (χ0v) is 14.2. The number of imidazole rings is 1. The van der Waals surface area contributed by atoms with Crippen LogP contribution in [0.3, 0.4) is 0 Å². The summed E-state index contributed by atoms with van der Waals surface area (Å²) in [6.07, 6.45) is 4.32. The summed E-state index contributed by atoms with van der Waals surface area (Å²) < 4.78 is 2.22. The third-order valence-electron chi connectivity index (χ3n) is 5.01. The second-order valence-electron chi connectivity index (χ2n) is 6.43. The Bertz CT molecular complexity index is 854. The molecule has 1 aliphatic heterocycles. The van der Waals surface area contributed by atoms with Gasteiger partial charge in [-0.2, -0.15) is 0 Å². The highest BCUT2D eigenvalue weighted by Gasteiger charge is 2.27. The molecule has 3 aromatic rings. The third-order valence-corrected chi connectivity index (χ3v) is 5.01. The van der Waals surface area contributed by atoms with Gasteiger partial charge < -0.3 is 9.88 Å². The smallest absolute Gasteiger partial charge is 0.125 e. The van der Waals surface area contributed by atoms with Gasteiger partial charge >= 0.3 is 0 Å². The van der Waals surface area contributed by atoms with Crippen molar-refractivity contribution in [2.24, 2.45) is 7.05 Å². The molecule has 1 aromatic carbocycles. The van der Waals surface area contributed by atoms with E-state index in [-0.39, 0.29) is 0 Å². The van der Waals surface area contributed by atoms with E-state index in [2.05, 4.69) is 57.1 Å². The molecule has 1 atom stereocenters. The van der Waals surface area contributed by atoms with Gasteiger partial charge in [0.15, 0.2) is 0 Å². The van der Waals surface area contributed by atoms with Crippen molar-refractivity contribution in [3.63, 3.8) is 0 Å². The molecular formula is C19H23N5. The van der Waals surface area contributed by atoms with Gasteiger partial charge in [-0.25, -0.2) is 9.97 Å². The first-order valence-electron chi connectivity index (χ1n) is 8.54. The summed E-state index contributed by atoms with van der Waals surface area (Å²) >= 11 is 0. The SMILES string of the molecule is CNc1cc([C@H]2CCCN2Cc2nc3ccccc3n2C)ccn1. The van der Waals surface area contributed by atoms with Gasteiger partial charge in [-0.15, -0.1) is 0 Å². The molecule has 24 heavy (non-hydrogen) atoms. The van der Waals surface area contributed by atoms with Crippen LogP contribution in [0.4, 0.5) is 5.82 Å². The number of pyridine rings is 1. The molecular weight excluding hydrogens is 298 g/mol. The Morgan fingerprint density at radius 1 is 1.25 bits per heavy atom. The van der Waals surface area contributed by atoms with Crippen LogP contribution in [0.15, 0.2) is 42.6 Å². The summed E-state index contributed by atoms with van der Waals surface area (Å²) in [6, 6.07) is 13.1. The van der Waals surface area contributed by atoms with E-state index in [1.54, 1.807) is 0 Å². The van der Waals surface area contributed by atoms with Crippen molar-refractivity contribution in [1.29, 1.82) is 0 Å². The van der Waals surface area contributed by atoms with Gasteiger partial charge in [0.2, 0.25) is 0 Å². The normalized spacial score (nSPS) is 18.3. The molecule has 0 saturated carbocycles. The topological polar surface area (TPSA) is 46.0 Å². The van der Waals surface area contributed by atoms with Gasteiger partial charge in [0.05, 0.1) is 17.6 Å². The van der Waals surface area contributed by atoms with Gasteiger partial charge in [0, 0.05) is 26.3 Å². The number of aryl methyl sites for hydroxylation is 1. The van der Waals surface area contributed by atoms with Crippen molar-refractivity contribution in [1.82, 2.24) is 19.4 Å². The number of para-hydroxylation sites is 2. The minimum absolute atomic E-state index is 0.444. The molecule has 5 nitrogen and oxygen atoms in total. The number of benzene rings is 1. The lowest BCUT2D eigenvalue weighted by atomic mass is 10.1. The largest absolute Gasteiger partial charge is 0.373 e. The molecule has 1 fully saturated rings. The van der Waals surface area contributed by atoms with Crippen LogP contribution in [0, 0.1) is 0 Å². The number of likely N-dealkylation sites (tertiary alicyclic amines) is 1. The van der Waals surface area contributed by atoms with Gasteiger partial charge in [0.1, 0.15) is 11.6 Å². The highest BCUT2D eigenvalue weighted by molar-refractivity contribution is 5.75. The van der Waals surface area contributed by atoms with E-state index in [1.807, 2.05) is 19.3 Å². The first kappa shape index (κ1) is 15.1. The summed E-state index contributed by atoms with van der Waals surface area (Å²) in [5, 5.41) is 3.14. The Kier molecular flexibility index (Phi) is 3.94. The van der Waals surface area contributed by atoms with Crippen LogP contribution < -0.4 is 5.32 Å². The summed E-state index contributed by atoms with van der Waals surface area (Å²) in [4.78, 5) is 11.7.